The van der Waals surface area contributed by atoms with E-state index in [0.29, 0.717) is 0 Å². The fraction of sp³-hybridized carbons (Fsp3) is 0.0182. The van der Waals surface area contributed by atoms with Gasteiger partial charge >= 0.3 is 0 Å². The third-order valence-electron chi connectivity index (χ3n) is 11.6. The second-order valence-corrected chi connectivity index (χ2v) is 15.1. The molecule has 0 radical (unpaired) electrons. The topological polar surface area (TPSA) is 9.86 Å². The fourth-order valence-corrected chi connectivity index (χ4v) is 8.73. The zero-order valence-corrected chi connectivity index (χ0v) is 31.6. The van der Waals surface area contributed by atoms with E-state index >= 15 is 0 Å². The van der Waals surface area contributed by atoms with E-state index in [9.17, 15) is 0 Å². The second kappa shape index (κ2) is 13.4. The van der Waals surface area contributed by atoms with Gasteiger partial charge in [0.05, 0.1) is 22.4 Å². The molecule has 0 unspecified atom stereocenters. The van der Waals surface area contributed by atoms with Crippen LogP contribution in [0.1, 0.15) is 5.56 Å². The lowest BCUT2D eigenvalue weighted by Gasteiger charge is -2.16. The second-order valence-electron chi connectivity index (χ2n) is 15.1. The van der Waals surface area contributed by atoms with Gasteiger partial charge in [0.25, 0.3) is 0 Å². The molecule has 57 heavy (non-hydrogen) atoms. The summed E-state index contributed by atoms with van der Waals surface area (Å²) in [6.07, 6.45) is 0. The van der Waals surface area contributed by atoms with E-state index in [4.69, 9.17) is 0 Å². The highest BCUT2D eigenvalue weighted by Gasteiger charge is 2.19. The van der Waals surface area contributed by atoms with Crippen molar-refractivity contribution in [3.05, 3.63) is 218 Å². The molecule has 0 saturated carbocycles. The van der Waals surface area contributed by atoms with Crippen molar-refractivity contribution in [3.63, 3.8) is 0 Å². The molecule has 9 aromatic carbocycles. The average molecular weight is 727 g/mol. The van der Waals surface area contributed by atoms with E-state index in [1.54, 1.807) is 0 Å². The average Bonchev–Trinajstić information content (AvgIpc) is 3.86. The van der Waals surface area contributed by atoms with Gasteiger partial charge in [-0.2, -0.15) is 0 Å². The summed E-state index contributed by atoms with van der Waals surface area (Å²) in [5.41, 5.74) is 15.4. The Morgan fingerprint density at radius 2 is 0.772 bits per heavy atom. The number of nitrogens with zero attached hydrogens (tertiary/aromatic N) is 2. The van der Waals surface area contributed by atoms with Gasteiger partial charge in [-0.25, -0.2) is 0 Å². The highest BCUT2D eigenvalue weighted by Crippen LogP contribution is 2.41. The minimum absolute atomic E-state index is 1.14. The Labute approximate surface area is 332 Å². The molecule has 0 bridgehead atoms. The molecule has 268 valence electrons. The third-order valence-corrected chi connectivity index (χ3v) is 11.6. The van der Waals surface area contributed by atoms with Gasteiger partial charge in [-0.15, -0.1) is 0 Å². The molecular formula is C55H38N2. The van der Waals surface area contributed by atoms with Crippen LogP contribution in [0.5, 0.6) is 0 Å². The van der Waals surface area contributed by atoms with Crippen LogP contribution in [0, 0.1) is 6.92 Å². The maximum absolute atomic E-state index is 2.46. The molecule has 0 aliphatic rings. The van der Waals surface area contributed by atoms with E-state index < -0.39 is 0 Å². The number of benzene rings is 9. The molecule has 2 nitrogen and oxygen atoms in total. The Hall–Kier alpha value is -7.42. The van der Waals surface area contributed by atoms with Crippen molar-refractivity contribution in [3.8, 4) is 56.1 Å². The molecule has 11 aromatic rings. The van der Waals surface area contributed by atoms with E-state index in [1.807, 2.05) is 0 Å². The maximum Gasteiger partial charge on any atom is 0.0547 e. The molecule has 0 N–H and O–H groups in total. The first-order valence-electron chi connectivity index (χ1n) is 19.7. The van der Waals surface area contributed by atoms with Crippen LogP contribution in [0.4, 0.5) is 0 Å². The third kappa shape index (κ3) is 5.65. The van der Waals surface area contributed by atoms with Crippen molar-refractivity contribution < 1.29 is 0 Å². The van der Waals surface area contributed by atoms with Crippen LogP contribution in [-0.2, 0) is 0 Å². The molecule has 2 heterocycles. The molecule has 2 heteroatoms. The van der Waals surface area contributed by atoms with Crippen molar-refractivity contribution >= 4 is 43.4 Å². The number of aromatic nitrogens is 2. The van der Waals surface area contributed by atoms with Crippen LogP contribution in [-0.4, -0.2) is 9.13 Å². The maximum atomic E-state index is 2.46. The van der Waals surface area contributed by atoms with E-state index in [2.05, 4.69) is 228 Å². The summed E-state index contributed by atoms with van der Waals surface area (Å²) >= 11 is 0. The van der Waals surface area contributed by atoms with Crippen molar-refractivity contribution in [1.29, 1.82) is 0 Å². The summed E-state index contributed by atoms with van der Waals surface area (Å²) in [4.78, 5) is 0. The standard InChI is InChI=1S/C55H38N2/c1-37-20-28-46(29-21-37)57-54-34-42(23-25-45(54)36-55(57)51-32-43-16-8-9-17-48(43)49-18-10-11-19-50(49)51)41-22-24-44-35-52(40-14-6-3-7-15-40)56(53(44)33-41)47-30-26-39(27-31-47)38-12-4-2-5-13-38/h2-36H,1H3. The lowest BCUT2D eigenvalue weighted by Crippen LogP contribution is -1.98. The van der Waals surface area contributed by atoms with Crippen LogP contribution in [0.3, 0.4) is 0 Å². The quantitative estimate of drug-likeness (QED) is 0.151. The monoisotopic (exact) mass is 726 g/mol. The first-order chi connectivity index (χ1) is 28.2. The van der Waals surface area contributed by atoms with Crippen molar-refractivity contribution in [2.75, 3.05) is 0 Å². The molecule has 0 amide bonds. The highest BCUT2D eigenvalue weighted by atomic mass is 15.0. The van der Waals surface area contributed by atoms with Crippen LogP contribution < -0.4 is 0 Å². The van der Waals surface area contributed by atoms with Gasteiger partial charge < -0.3 is 9.13 Å². The Bertz CT molecular complexity index is 3260. The zero-order valence-electron chi connectivity index (χ0n) is 31.6. The van der Waals surface area contributed by atoms with Gasteiger partial charge in [0.1, 0.15) is 0 Å². The summed E-state index contributed by atoms with van der Waals surface area (Å²) in [5.74, 6) is 0. The van der Waals surface area contributed by atoms with Crippen LogP contribution in [0.2, 0.25) is 0 Å². The Kier molecular flexibility index (Phi) is 7.75. The number of rotatable bonds is 6. The highest BCUT2D eigenvalue weighted by molar-refractivity contribution is 6.14. The molecule has 0 fully saturated rings. The smallest absolute Gasteiger partial charge is 0.0547 e. The molecular weight excluding hydrogens is 689 g/mol. The van der Waals surface area contributed by atoms with Gasteiger partial charge in [-0.1, -0.05) is 163 Å². The number of hydrogen-bond acceptors (Lipinski definition) is 0. The van der Waals surface area contributed by atoms with Gasteiger partial charge in [0, 0.05) is 27.7 Å². The molecule has 0 aliphatic heterocycles. The molecule has 0 aliphatic carbocycles. The molecule has 2 aromatic heterocycles. The van der Waals surface area contributed by atoms with E-state index in [-0.39, 0.29) is 0 Å². The van der Waals surface area contributed by atoms with Gasteiger partial charge in [0.2, 0.25) is 0 Å². The molecule has 0 atom stereocenters. The molecule has 11 rings (SSSR count). The van der Waals surface area contributed by atoms with E-state index in [1.165, 1.54) is 93.7 Å². The van der Waals surface area contributed by atoms with Crippen molar-refractivity contribution in [2.45, 2.75) is 6.92 Å². The Morgan fingerprint density at radius 1 is 0.298 bits per heavy atom. The van der Waals surface area contributed by atoms with Gasteiger partial charge in [-0.3, -0.25) is 0 Å². The van der Waals surface area contributed by atoms with Gasteiger partial charge in [0.15, 0.2) is 0 Å². The number of aryl methyl sites for hydroxylation is 1. The zero-order chi connectivity index (χ0) is 37.9. The Morgan fingerprint density at radius 3 is 1.42 bits per heavy atom. The summed E-state index contributed by atoms with van der Waals surface area (Å²) in [6.45, 7) is 2.15. The first-order valence-corrected chi connectivity index (χ1v) is 19.7. The molecule has 0 saturated heterocycles. The van der Waals surface area contributed by atoms with Crippen molar-refractivity contribution in [1.82, 2.24) is 9.13 Å². The number of hydrogen-bond donors (Lipinski definition) is 0. The summed E-state index contributed by atoms with van der Waals surface area (Å²) < 4.78 is 4.87. The van der Waals surface area contributed by atoms with E-state index in [0.717, 1.165) is 11.4 Å². The lowest BCUT2D eigenvalue weighted by atomic mass is 9.95. The summed E-state index contributed by atoms with van der Waals surface area (Å²) in [6, 6.07) is 77.7. The van der Waals surface area contributed by atoms with Gasteiger partial charge in [-0.05, 0) is 111 Å². The number of fused-ring (bicyclic) bond motifs is 5. The fourth-order valence-electron chi connectivity index (χ4n) is 8.73. The minimum Gasteiger partial charge on any atom is -0.309 e. The van der Waals surface area contributed by atoms with Crippen LogP contribution in [0.15, 0.2) is 212 Å². The predicted octanol–water partition coefficient (Wildman–Crippen LogP) is 14.9. The van der Waals surface area contributed by atoms with Crippen LogP contribution in [0.25, 0.3) is 99.5 Å². The minimum atomic E-state index is 1.14. The lowest BCUT2D eigenvalue weighted by molar-refractivity contribution is 1.13. The SMILES string of the molecule is Cc1ccc(-n2c(-c3cc4ccccc4c4ccccc34)cc3ccc(-c4ccc5cc(-c6ccccc6)n(-c6ccc(-c7ccccc7)cc6)c5c4)cc32)cc1. The first kappa shape index (κ1) is 33.0. The van der Waals surface area contributed by atoms with Crippen molar-refractivity contribution in [2.24, 2.45) is 0 Å². The largest absolute Gasteiger partial charge is 0.309 e. The predicted molar refractivity (Wildman–Crippen MR) is 242 cm³/mol. The normalized spacial score (nSPS) is 11.6. The Balaban J connectivity index is 1.11. The summed E-state index contributed by atoms with van der Waals surface area (Å²) in [7, 11) is 0. The molecule has 0 spiro atoms. The van der Waals surface area contributed by atoms with Crippen LogP contribution >= 0.6 is 0 Å². The summed E-state index contributed by atoms with van der Waals surface area (Å²) in [5, 5.41) is 7.46.